The van der Waals surface area contributed by atoms with Gasteiger partial charge >= 0.3 is 0 Å². The van der Waals surface area contributed by atoms with Gasteiger partial charge in [-0.05, 0) is 39.5 Å². The summed E-state index contributed by atoms with van der Waals surface area (Å²) in [7, 11) is 3.38. The molecule has 0 radical (unpaired) electrons. The van der Waals surface area contributed by atoms with Crippen molar-refractivity contribution in [2.45, 2.75) is 70.7 Å². The van der Waals surface area contributed by atoms with Crippen LogP contribution in [-0.2, 0) is 9.47 Å². The molecule has 98 valence electrons. The lowest BCUT2D eigenvalue weighted by atomic mass is 9.85. The van der Waals surface area contributed by atoms with Crippen LogP contribution >= 0.6 is 0 Å². The van der Waals surface area contributed by atoms with Crippen LogP contribution in [0.25, 0.3) is 0 Å². The van der Waals surface area contributed by atoms with Crippen LogP contribution in [0.5, 0.6) is 0 Å². The number of methoxy groups -OCH3 is 2. The van der Waals surface area contributed by atoms with Crippen molar-refractivity contribution in [2.75, 3.05) is 14.2 Å². The minimum Gasteiger partial charge on any atom is -0.390 e. The highest BCUT2D eigenvalue weighted by Crippen LogP contribution is 2.29. The van der Waals surface area contributed by atoms with Crippen LogP contribution in [0.15, 0.2) is 0 Å². The number of aliphatic hydroxyl groups is 1. The molecular weight excluding hydrogens is 204 g/mol. The molecule has 3 heteroatoms. The van der Waals surface area contributed by atoms with Crippen molar-refractivity contribution in [1.29, 1.82) is 0 Å². The minimum absolute atomic E-state index is 0.179. The SMILES string of the molecule is CCC(CC)(OC)C(O)CCC(C)(C)OC. The van der Waals surface area contributed by atoms with E-state index in [1.54, 1.807) is 14.2 Å². The number of ether oxygens (including phenoxy) is 2. The highest BCUT2D eigenvalue weighted by molar-refractivity contribution is 4.87. The lowest BCUT2D eigenvalue weighted by molar-refractivity contribution is -0.116. The van der Waals surface area contributed by atoms with Crippen LogP contribution in [0.2, 0.25) is 0 Å². The third-order valence-electron chi connectivity index (χ3n) is 3.78. The normalized spacial score (nSPS) is 15.2. The van der Waals surface area contributed by atoms with Gasteiger partial charge in [0.15, 0.2) is 0 Å². The Morgan fingerprint density at radius 3 is 1.88 bits per heavy atom. The number of hydrogen-bond acceptors (Lipinski definition) is 3. The minimum atomic E-state index is -0.429. The Kier molecular flexibility index (Phi) is 6.53. The van der Waals surface area contributed by atoms with Gasteiger partial charge in [0.1, 0.15) is 0 Å². The number of rotatable bonds is 8. The maximum atomic E-state index is 10.2. The van der Waals surface area contributed by atoms with Crippen LogP contribution < -0.4 is 0 Å². The van der Waals surface area contributed by atoms with Crippen molar-refractivity contribution in [1.82, 2.24) is 0 Å². The first-order valence-electron chi connectivity index (χ1n) is 6.15. The summed E-state index contributed by atoms with van der Waals surface area (Å²) in [4.78, 5) is 0. The Morgan fingerprint density at radius 2 is 1.56 bits per heavy atom. The Labute approximate surface area is 100 Å². The third-order valence-corrected chi connectivity index (χ3v) is 3.78. The second-order valence-electron chi connectivity index (χ2n) is 4.99. The van der Waals surface area contributed by atoms with Gasteiger partial charge in [-0.2, -0.15) is 0 Å². The lowest BCUT2D eigenvalue weighted by Gasteiger charge is -2.36. The van der Waals surface area contributed by atoms with E-state index >= 15 is 0 Å². The molecule has 0 bridgehead atoms. The highest BCUT2D eigenvalue weighted by atomic mass is 16.5. The van der Waals surface area contributed by atoms with Crippen LogP contribution in [0.4, 0.5) is 0 Å². The monoisotopic (exact) mass is 232 g/mol. The molecule has 0 aromatic rings. The fourth-order valence-electron chi connectivity index (χ4n) is 2.00. The molecule has 0 amide bonds. The van der Waals surface area contributed by atoms with Crippen LogP contribution in [0.1, 0.15) is 53.4 Å². The molecule has 0 fully saturated rings. The summed E-state index contributed by atoms with van der Waals surface area (Å²) < 4.78 is 10.9. The van der Waals surface area contributed by atoms with Crippen molar-refractivity contribution in [3.05, 3.63) is 0 Å². The molecule has 1 atom stereocenters. The number of aliphatic hydroxyl groups excluding tert-OH is 1. The summed E-state index contributed by atoms with van der Waals surface area (Å²) in [6, 6.07) is 0. The predicted molar refractivity (Wildman–Crippen MR) is 66.7 cm³/mol. The maximum absolute atomic E-state index is 10.2. The molecule has 0 saturated heterocycles. The zero-order valence-corrected chi connectivity index (χ0v) is 11.7. The van der Waals surface area contributed by atoms with Crippen molar-refractivity contribution >= 4 is 0 Å². The van der Waals surface area contributed by atoms with E-state index in [9.17, 15) is 5.11 Å². The van der Waals surface area contributed by atoms with Gasteiger partial charge in [0, 0.05) is 14.2 Å². The molecule has 0 heterocycles. The fraction of sp³-hybridized carbons (Fsp3) is 1.00. The maximum Gasteiger partial charge on any atom is 0.0931 e. The average molecular weight is 232 g/mol. The van der Waals surface area contributed by atoms with E-state index in [0.29, 0.717) is 6.42 Å². The topological polar surface area (TPSA) is 38.7 Å². The first-order chi connectivity index (χ1) is 7.37. The average Bonchev–Trinajstić information content (AvgIpc) is 2.29. The molecule has 16 heavy (non-hydrogen) atoms. The molecule has 0 saturated carbocycles. The highest BCUT2D eigenvalue weighted by Gasteiger charge is 2.35. The van der Waals surface area contributed by atoms with E-state index in [-0.39, 0.29) is 5.60 Å². The summed E-state index contributed by atoms with van der Waals surface area (Å²) in [5.74, 6) is 0. The zero-order valence-electron chi connectivity index (χ0n) is 11.7. The Balaban J connectivity index is 4.37. The molecule has 0 aliphatic heterocycles. The van der Waals surface area contributed by atoms with Gasteiger partial charge in [0.2, 0.25) is 0 Å². The summed E-state index contributed by atoms with van der Waals surface area (Å²) in [5.41, 5.74) is -0.578. The van der Waals surface area contributed by atoms with E-state index < -0.39 is 11.7 Å². The Morgan fingerprint density at radius 1 is 1.06 bits per heavy atom. The molecule has 0 rings (SSSR count). The number of hydrogen-bond donors (Lipinski definition) is 1. The Bertz CT molecular complexity index is 177. The first kappa shape index (κ1) is 15.9. The molecule has 0 spiro atoms. The van der Waals surface area contributed by atoms with Crippen LogP contribution in [-0.4, -0.2) is 36.6 Å². The molecule has 0 aromatic carbocycles. The van der Waals surface area contributed by atoms with Crippen LogP contribution in [0, 0.1) is 0 Å². The molecule has 1 unspecified atom stereocenters. The summed E-state index contributed by atoms with van der Waals surface area (Å²) in [5, 5.41) is 10.2. The largest absolute Gasteiger partial charge is 0.390 e. The van der Waals surface area contributed by atoms with E-state index in [4.69, 9.17) is 9.47 Å². The van der Waals surface area contributed by atoms with Gasteiger partial charge in [-0.3, -0.25) is 0 Å². The van der Waals surface area contributed by atoms with Gasteiger partial charge in [0.05, 0.1) is 17.3 Å². The van der Waals surface area contributed by atoms with Crippen LogP contribution in [0.3, 0.4) is 0 Å². The molecule has 3 nitrogen and oxygen atoms in total. The quantitative estimate of drug-likeness (QED) is 0.699. The standard InChI is InChI=1S/C13H28O3/c1-7-13(8-2,16-6)11(14)9-10-12(3,4)15-5/h11,14H,7-10H2,1-6H3. The summed E-state index contributed by atoms with van der Waals surface area (Å²) >= 11 is 0. The zero-order chi connectivity index (χ0) is 12.8. The predicted octanol–water partition coefficient (Wildman–Crippen LogP) is 2.76. The fourth-order valence-corrected chi connectivity index (χ4v) is 2.00. The van der Waals surface area contributed by atoms with Crippen molar-refractivity contribution in [2.24, 2.45) is 0 Å². The molecule has 0 aromatic heterocycles. The molecular formula is C13H28O3. The van der Waals surface area contributed by atoms with Gasteiger partial charge in [-0.1, -0.05) is 13.8 Å². The van der Waals surface area contributed by atoms with E-state index in [0.717, 1.165) is 19.3 Å². The first-order valence-corrected chi connectivity index (χ1v) is 6.15. The van der Waals surface area contributed by atoms with Crippen molar-refractivity contribution in [3.8, 4) is 0 Å². The van der Waals surface area contributed by atoms with E-state index in [2.05, 4.69) is 13.8 Å². The second-order valence-corrected chi connectivity index (χ2v) is 4.99. The summed E-state index contributed by atoms with van der Waals surface area (Å²) in [6.07, 6.45) is 2.76. The van der Waals surface area contributed by atoms with Gasteiger partial charge in [-0.25, -0.2) is 0 Å². The smallest absolute Gasteiger partial charge is 0.0931 e. The van der Waals surface area contributed by atoms with Gasteiger partial charge in [-0.15, -0.1) is 0 Å². The summed E-state index contributed by atoms with van der Waals surface area (Å²) in [6.45, 7) is 8.17. The third kappa shape index (κ3) is 4.04. The molecule has 0 aliphatic rings. The Hall–Kier alpha value is -0.120. The lowest BCUT2D eigenvalue weighted by Crippen LogP contribution is -2.44. The second kappa shape index (κ2) is 6.58. The van der Waals surface area contributed by atoms with Crippen molar-refractivity contribution < 1.29 is 14.6 Å². The van der Waals surface area contributed by atoms with Gasteiger partial charge < -0.3 is 14.6 Å². The van der Waals surface area contributed by atoms with E-state index in [1.807, 2.05) is 13.8 Å². The van der Waals surface area contributed by atoms with E-state index in [1.165, 1.54) is 0 Å². The van der Waals surface area contributed by atoms with Crippen molar-refractivity contribution in [3.63, 3.8) is 0 Å². The van der Waals surface area contributed by atoms with Gasteiger partial charge in [0.25, 0.3) is 0 Å². The molecule has 0 aliphatic carbocycles. The molecule has 1 N–H and O–H groups in total.